The van der Waals surface area contributed by atoms with Crippen molar-refractivity contribution in [2.24, 2.45) is 0 Å². The van der Waals surface area contributed by atoms with Gasteiger partial charge in [-0.3, -0.25) is 14.4 Å². The van der Waals surface area contributed by atoms with Gasteiger partial charge in [-0.1, -0.05) is 48.5 Å². The maximum Gasteiger partial charge on any atom is 0.425 e. The number of carbonyl (C=O) groups excluding carboxylic acids is 5. The first-order valence-corrected chi connectivity index (χ1v) is 14.5. The van der Waals surface area contributed by atoms with Crippen LogP contribution in [0, 0.1) is 0 Å². The lowest BCUT2D eigenvalue weighted by molar-refractivity contribution is -0.151. The minimum Gasteiger partial charge on any atom is -0.456 e. The molecule has 0 N–H and O–H groups in total. The first kappa shape index (κ1) is 32.8. The molecule has 2 aromatic rings. The SMILES string of the molecule is CN1CCC(C(=O)OCC(=O)c2ccc(-c3ccc(C(=O)COC(=O)C4CCN(C)N4C(=O)OC(C)(C)C)cc3)cc2)N1C. The zero-order valence-electron chi connectivity index (χ0n) is 26.1. The lowest BCUT2D eigenvalue weighted by Gasteiger charge is -2.31. The molecule has 2 aromatic carbocycles. The van der Waals surface area contributed by atoms with Crippen LogP contribution < -0.4 is 0 Å². The van der Waals surface area contributed by atoms with Crippen molar-refractivity contribution < 1.29 is 38.2 Å². The normalized spacial score (nSPS) is 19.5. The smallest absolute Gasteiger partial charge is 0.425 e. The zero-order valence-corrected chi connectivity index (χ0v) is 26.1. The molecule has 1 amide bonds. The van der Waals surface area contributed by atoms with Crippen molar-refractivity contribution in [3.05, 3.63) is 59.7 Å². The fourth-order valence-corrected chi connectivity index (χ4v) is 5.06. The Labute approximate surface area is 257 Å². The summed E-state index contributed by atoms with van der Waals surface area (Å²) < 4.78 is 16.0. The standard InChI is InChI=1S/C32H40N4O8/c1-32(2,3)44-31(41)36-26(16-18-34(36)5)30(40)43-20-28(38)24-13-9-22(10-14-24)21-7-11-23(12-8-21)27(37)19-42-29(39)25-15-17-33(4)35(25)6/h7-14,25-26H,15-20H2,1-6H3. The highest BCUT2D eigenvalue weighted by Crippen LogP contribution is 2.23. The van der Waals surface area contributed by atoms with Crippen molar-refractivity contribution in [3.8, 4) is 11.1 Å². The first-order valence-electron chi connectivity index (χ1n) is 14.5. The third kappa shape index (κ3) is 7.87. The average Bonchev–Trinajstić information content (AvgIpc) is 3.54. The summed E-state index contributed by atoms with van der Waals surface area (Å²) in [5.41, 5.74) is 1.70. The summed E-state index contributed by atoms with van der Waals surface area (Å²) in [6.07, 6.45) is 0.364. The van der Waals surface area contributed by atoms with Gasteiger partial charge in [0, 0.05) is 45.4 Å². The van der Waals surface area contributed by atoms with E-state index in [9.17, 15) is 24.0 Å². The fraction of sp³-hybridized carbons (Fsp3) is 0.469. The molecule has 2 aliphatic heterocycles. The number of nitrogens with zero attached hydrogens (tertiary/aromatic N) is 4. The molecule has 0 radical (unpaired) electrons. The lowest BCUT2D eigenvalue weighted by atomic mass is 10.0. The number of esters is 2. The maximum absolute atomic E-state index is 12.8. The number of ether oxygens (including phenoxy) is 3. The summed E-state index contributed by atoms with van der Waals surface area (Å²) in [5.74, 6) is -1.77. The van der Waals surface area contributed by atoms with E-state index in [2.05, 4.69) is 0 Å². The van der Waals surface area contributed by atoms with Gasteiger partial charge in [-0.2, -0.15) is 0 Å². The third-order valence-corrected chi connectivity index (χ3v) is 7.67. The van der Waals surface area contributed by atoms with Crippen molar-refractivity contribution in [1.82, 2.24) is 20.0 Å². The van der Waals surface area contributed by atoms with Gasteiger partial charge in [0.15, 0.2) is 30.8 Å². The van der Waals surface area contributed by atoms with Crippen LogP contribution in [0.3, 0.4) is 0 Å². The molecule has 12 heteroatoms. The van der Waals surface area contributed by atoms with Gasteiger partial charge in [-0.05, 0) is 44.7 Å². The summed E-state index contributed by atoms with van der Waals surface area (Å²) in [7, 11) is 5.39. The second-order valence-corrected chi connectivity index (χ2v) is 12.0. The number of Topliss-reactive ketones (excluding diaryl/α,β-unsaturated/α-hetero) is 2. The van der Waals surface area contributed by atoms with Crippen LogP contribution in [0.2, 0.25) is 0 Å². The van der Waals surface area contributed by atoms with Gasteiger partial charge in [0.2, 0.25) is 0 Å². The third-order valence-electron chi connectivity index (χ3n) is 7.67. The minimum absolute atomic E-state index is 0.298. The van der Waals surface area contributed by atoms with E-state index in [0.717, 1.165) is 17.7 Å². The number of hydrogen-bond donors (Lipinski definition) is 0. The van der Waals surface area contributed by atoms with Crippen LogP contribution in [0.15, 0.2) is 48.5 Å². The van der Waals surface area contributed by atoms with Crippen LogP contribution in [0.1, 0.15) is 54.3 Å². The van der Waals surface area contributed by atoms with Gasteiger partial charge in [-0.25, -0.2) is 29.6 Å². The number of likely N-dealkylation sites (N-methyl/N-ethyl adjacent to an activating group) is 1. The predicted molar refractivity (Wildman–Crippen MR) is 160 cm³/mol. The summed E-state index contributed by atoms with van der Waals surface area (Å²) >= 11 is 0. The Hall–Kier alpha value is -4.13. The van der Waals surface area contributed by atoms with Gasteiger partial charge in [0.1, 0.15) is 11.6 Å². The van der Waals surface area contributed by atoms with Gasteiger partial charge in [0.05, 0.1) is 0 Å². The Morgan fingerprint density at radius 1 is 0.682 bits per heavy atom. The van der Waals surface area contributed by atoms with E-state index in [0.29, 0.717) is 30.5 Å². The van der Waals surface area contributed by atoms with Gasteiger partial charge in [0.25, 0.3) is 0 Å². The van der Waals surface area contributed by atoms with Gasteiger partial charge in [-0.15, -0.1) is 0 Å². The number of carbonyl (C=O) groups is 5. The van der Waals surface area contributed by atoms with Crippen LogP contribution in [0.25, 0.3) is 11.1 Å². The van der Waals surface area contributed by atoms with Gasteiger partial charge < -0.3 is 14.2 Å². The molecule has 2 saturated heterocycles. The van der Waals surface area contributed by atoms with E-state index in [-0.39, 0.29) is 24.2 Å². The van der Waals surface area contributed by atoms with Crippen LogP contribution in [-0.2, 0) is 23.8 Å². The number of ketones is 2. The van der Waals surface area contributed by atoms with Crippen molar-refractivity contribution in [1.29, 1.82) is 0 Å². The molecule has 12 nitrogen and oxygen atoms in total. The Morgan fingerprint density at radius 2 is 1.11 bits per heavy atom. The molecule has 0 spiro atoms. The number of hydrazine groups is 2. The summed E-state index contributed by atoms with van der Waals surface area (Å²) in [4.78, 5) is 63.1. The predicted octanol–water partition coefficient (Wildman–Crippen LogP) is 3.21. The van der Waals surface area contributed by atoms with Crippen molar-refractivity contribution in [2.75, 3.05) is 47.4 Å². The lowest BCUT2D eigenvalue weighted by Crippen LogP contribution is -2.49. The van der Waals surface area contributed by atoms with Gasteiger partial charge >= 0.3 is 18.0 Å². The molecule has 44 heavy (non-hydrogen) atoms. The van der Waals surface area contributed by atoms with E-state index >= 15 is 0 Å². The molecule has 4 rings (SSSR count). The largest absolute Gasteiger partial charge is 0.456 e. The van der Waals surface area contributed by atoms with Crippen molar-refractivity contribution >= 4 is 29.6 Å². The van der Waals surface area contributed by atoms with Crippen LogP contribution >= 0.6 is 0 Å². The number of amides is 1. The molecular formula is C32H40N4O8. The molecule has 0 aromatic heterocycles. The molecule has 236 valence electrons. The van der Waals surface area contributed by atoms with Crippen molar-refractivity contribution in [2.45, 2.75) is 51.3 Å². The highest BCUT2D eigenvalue weighted by Gasteiger charge is 2.41. The topological polar surface area (TPSA) is 126 Å². The Balaban J connectivity index is 1.28. The quantitative estimate of drug-likeness (QED) is 0.237. The molecule has 2 heterocycles. The summed E-state index contributed by atoms with van der Waals surface area (Å²) in [5, 5.41) is 6.57. The molecule has 0 aliphatic carbocycles. The number of hydrogen-bond acceptors (Lipinski definition) is 11. The second-order valence-electron chi connectivity index (χ2n) is 12.0. The van der Waals surface area contributed by atoms with Crippen LogP contribution in [-0.4, -0.2) is 115 Å². The molecule has 0 saturated carbocycles. The molecule has 0 bridgehead atoms. The summed E-state index contributed by atoms with van der Waals surface area (Å²) in [6, 6.07) is 12.4. The van der Waals surface area contributed by atoms with E-state index in [1.807, 2.05) is 24.1 Å². The fourth-order valence-electron chi connectivity index (χ4n) is 5.06. The van der Waals surface area contributed by atoms with Crippen molar-refractivity contribution in [3.63, 3.8) is 0 Å². The highest BCUT2D eigenvalue weighted by molar-refractivity contribution is 5.99. The van der Waals surface area contributed by atoms with E-state index in [1.54, 1.807) is 81.4 Å². The average molecular weight is 609 g/mol. The molecule has 2 atom stereocenters. The molecule has 2 unspecified atom stereocenters. The first-order chi connectivity index (χ1) is 20.7. The summed E-state index contributed by atoms with van der Waals surface area (Å²) in [6.45, 7) is 5.65. The second kappa shape index (κ2) is 13.7. The molecule has 2 fully saturated rings. The van der Waals surface area contributed by atoms with Crippen LogP contribution in [0.4, 0.5) is 4.79 Å². The van der Waals surface area contributed by atoms with Crippen LogP contribution in [0.5, 0.6) is 0 Å². The monoisotopic (exact) mass is 608 g/mol. The van der Waals surface area contributed by atoms with E-state index < -0.39 is 36.3 Å². The van der Waals surface area contributed by atoms with E-state index in [1.165, 1.54) is 5.01 Å². The Bertz CT molecular complexity index is 1390. The highest BCUT2D eigenvalue weighted by atomic mass is 16.6. The number of rotatable bonds is 9. The molecular weight excluding hydrogens is 568 g/mol. The zero-order chi connectivity index (χ0) is 32.2. The number of benzene rings is 2. The Kier molecular flexibility index (Phi) is 10.2. The maximum atomic E-state index is 12.8. The molecule has 2 aliphatic rings. The van der Waals surface area contributed by atoms with E-state index in [4.69, 9.17) is 14.2 Å². The minimum atomic E-state index is -0.872. The Morgan fingerprint density at radius 3 is 1.55 bits per heavy atom.